The van der Waals surface area contributed by atoms with Gasteiger partial charge in [-0.05, 0) is 79.4 Å². The Morgan fingerprint density at radius 3 is 2.51 bits per heavy atom. The summed E-state index contributed by atoms with van der Waals surface area (Å²) in [6.07, 6.45) is 9.90. The molecule has 8 rings (SSSR count). The van der Waals surface area contributed by atoms with E-state index in [0.29, 0.717) is 18.3 Å². The van der Waals surface area contributed by atoms with Gasteiger partial charge < -0.3 is 15.0 Å². The number of carbonyl (C=O) groups excluding carboxylic acids is 1. The lowest BCUT2D eigenvalue weighted by molar-refractivity contribution is -0.0962. The molecule has 192 valence electrons. The highest BCUT2D eigenvalue weighted by Gasteiger charge is 2.50. The molecular weight excluding hydrogens is 478 g/mol. The van der Waals surface area contributed by atoms with Crippen molar-refractivity contribution in [3.05, 3.63) is 71.9 Å². The Morgan fingerprint density at radius 1 is 1.00 bits per heavy atom. The Morgan fingerprint density at radius 2 is 1.73 bits per heavy atom. The summed E-state index contributed by atoms with van der Waals surface area (Å²) in [5.74, 6) is 3.79. The fraction of sp³-hybridized carbons (Fsp3) is 0.484. The summed E-state index contributed by atoms with van der Waals surface area (Å²) < 4.78 is 6.22. The number of aromatic nitrogens is 1. The van der Waals surface area contributed by atoms with Crippen LogP contribution in [0.15, 0.2) is 65.8 Å². The molecule has 3 aromatic rings. The molecule has 2 heterocycles. The summed E-state index contributed by atoms with van der Waals surface area (Å²) in [5.41, 5.74) is 3.63. The molecule has 4 aliphatic carbocycles. The number of hydrogen-bond acceptors (Lipinski definition) is 4. The highest BCUT2D eigenvalue weighted by Crippen LogP contribution is 2.54. The van der Waals surface area contributed by atoms with Gasteiger partial charge >= 0.3 is 6.09 Å². The number of amides is 1. The lowest BCUT2D eigenvalue weighted by Gasteiger charge is -2.53. The first kappa shape index (κ1) is 23.4. The number of ether oxygens (including phenoxy) is 1. The molecule has 0 saturated heterocycles. The maximum Gasteiger partial charge on any atom is 0.407 e. The zero-order valence-corrected chi connectivity index (χ0v) is 22.0. The second-order valence-electron chi connectivity index (χ2n) is 11.7. The van der Waals surface area contributed by atoms with Gasteiger partial charge in [-0.25, -0.2) is 4.79 Å². The van der Waals surface area contributed by atoms with Crippen molar-refractivity contribution in [3.63, 3.8) is 0 Å². The summed E-state index contributed by atoms with van der Waals surface area (Å²) in [4.78, 5) is 21.9. The van der Waals surface area contributed by atoms with Gasteiger partial charge in [0.05, 0.1) is 17.1 Å². The molecule has 0 spiro atoms. The number of nitrogens with one attached hydrogen (secondary N) is 2. The molecule has 1 aliphatic heterocycles. The van der Waals surface area contributed by atoms with E-state index in [4.69, 9.17) is 9.73 Å². The van der Waals surface area contributed by atoms with Crippen LogP contribution in [0, 0.1) is 23.7 Å². The molecule has 2 aromatic carbocycles. The van der Waals surface area contributed by atoms with Gasteiger partial charge in [0.1, 0.15) is 6.10 Å². The van der Waals surface area contributed by atoms with E-state index in [2.05, 4.69) is 65.0 Å². The number of nitrogens with zero attached hydrogens (tertiary/aromatic N) is 1. The van der Waals surface area contributed by atoms with Crippen LogP contribution in [0.2, 0.25) is 0 Å². The topological polar surface area (TPSA) is 66.5 Å². The van der Waals surface area contributed by atoms with Crippen molar-refractivity contribution in [2.24, 2.45) is 28.7 Å². The van der Waals surface area contributed by atoms with Crippen molar-refractivity contribution in [2.75, 3.05) is 5.75 Å². The van der Waals surface area contributed by atoms with Crippen LogP contribution in [0.4, 0.5) is 4.79 Å². The van der Waals surface area contributed by atoms with Crippen LogP contribution in [0.5, 0.6) is 0 Å². The monoisotopic (exact) mass is 513 g/mol. The predicted octanol–water partition coefficient (Wildman–Crippen LogP) is 6.39. The number of para-hydroxylation sites is 1. The number of hydrogen-bond donors (Lipinski definition) is 2. The first-order chi connectivity index (χ1) is 18.2. The van der Waals surface area contributed by atoms with E-state index in [1.807, 2.05) is 6.07 Å². The van der Waals surface area contributed by atoms with Crippen LogP contribution in [0.1, 0.15) is 43.2 Å². The van der Waals surface area contributed by atoms with Crippen LogP contribution in [0.3, 0.4) is 0 Å². The maximum atomic E-state index is 13.4. The van der Waals surface area contributed by atoms with Gasteiger partial charge in [-0.15, -0.1) is 11.8 Å². The number of aromatic amines is 1. The Labute approximate surface area is 222 Å². The van der Waals surface area contributed by atoms with E-state index >= 15 is 0 Å². The molecule has 1 amide bonds. The van der Waals surface area contributed by atoms with E-state index < -0.39 is 0 Å². The van der Waals surface area contributed by atoms with Gasteiger partial charge in [0.25, 0.3) is 0 Å². The van der Waals surface area contributed by atoms with Crippen molar-refractivity contribution in [3.8, 4) is 0 Å². The van der Waals surface area contributed by atoms with Crippen molar-refractivity contribution < 1.29 is 9.53 Å². The van der Waals surface area contributed by atoms with E-state index in [1.165, 1.54) is 48.6 Å². The number of carbonyl (C=O) groups is 1. The number of rotatable bonds is 7. The van der Waals surface area contributed by atoms with Crippen LogP contribution >= 0.6 is 11.8 Å². The molecule has 2 N–H and O–H groups in total. The first-order valence-electron chi connectivity index (χ1n) is 13.9. The Balaban J connectivity index is 1.09. The quantitative estimate of drug-likeness (QED) is 0.385. The van der Waals surface area contributed by atoms with Crippen molar-refractivity contribution in [1.29, 1.82) is 0 Å². The SMILES string of the molecule is O=C(N[C@H](Cc1c[nH]c2ccccc12)C1=N[C@H](Cc2ccccc2)CS1)OC1C2CC3CC(C2)CC1C3. The normalized spacial score (nSPS) is 30.9. The maximum absolute atomic E-state index is 13.4. The minimum Gasteiger partial charge on any atom is -0.446 e. The van der Waals surface area contributed by atoms with Gasteiger partial charge in [0, 0.05) is 29.3 Å². The van der Waals surface area contributed by atoms with Gasteiger partial charge in [-0.2, -0.15) is 0 Å². The highest BCUT2D eigenvalue weighted by atomic mass is 32.2. The molecule has 5 aliphatic rings. The van der Waals surface area contributed by atoms with Crippen molar-refractivity contribution in [2.45, 2.75) is 63.1 Å². The molecule has 0 radical (unpaired) electrons. The van der Waals surface area contributed by atoms with Crippen LogP contribution in [-0.2, 0) is 17.6 Å². The molecule has 37 heavy (non-hydrogen) atoms. The molecule has 5 nitrogen and oxygen atoms in total. The van der Waals surface area contributed by atoms with E-state index in [9.17, 15) is 4.79 Å². The molecule has 1 aromatic heterocycles. The average molecular weight is 514 g/mol. The molecule has 2 atom stereocenters. The second-order valence-corrected chi connectivity index (χ2v) is 12.7. The largest absolute Gasteiger partial charge is 0.446 e. The Bertz CT molecular complexity index is 1270. The molecule has 4 fully saturated rings. The predicted molar refractivity (Wildman–Crippen MR) is 150 cm³/mol. The van der Waals surface area contributed by atoms with E-state index in [-0.39, 0.29) is 24.3 Å². The summed E-state index contributed by atoms with van der Waals surface area (Å²) in [6, 6.07) is 19.0. The molecular formula is C31H35N3O2S. The summed E-state index contributed by atoms with van der Waals surface area (Å²) in [7, 11) is 0. The third kappa shape index (κ3) is 4.81. The van der Waals surface area contributed by atoms with Gasteiger partial charge in [-0.1, -0.05) is 48.5 Å². The van der Waals surface area contributed by atoms with Crippen molar-refractivity contribution >= 4 is 33.8 Å². The summed E-state index contributed by atoms with van der Waals surface area (Å²) in [6.45, 7) is 0. The van der Waals surface area contributed by atoms with E-state index in [1.54, 1.807) is 11.8 Å². The standard InChI is InChI=1S/C31H35N3O2S/c35-31(36-29-22-11-20-10-21(13-22)14-23(29)12-20)34-28(16-24-17-32-27-9-5-4-8-26(24)27)30-33-25(18-37-30)15-19-6-2-1-3-7-19/h1-9,17,20-23,25,28-29,32H,10-16,18H2,(H,34,35)/t20?,21?,22?,23?,25-,28-,29?/m1/s1. The zero-order chi connectivity index (χ0) is 24.8. The number of thioether (sulfide) groups is 1. The first-order valence-corrected chi connectivity index (χ1v) is 14.9. The third-order valence-electron chi connectivity index (χ3n) is 9.12. The smallest absolute Gasteiger partial charge is 0.407 e. The number of aliphatic imine (C=N–C) groups is 1. The Hall–Kier alpha value is -2.73. The second kappa shape index (κ2) is 9.86. The highest BCUT2D eigenvalue weighted by molar-refractivity contribution is 8.14. The lowest BCUT2D eigenvalue weighted by atomic mass is 9.55. The summed E-state index contributed by atoms with van der Waals surface area (Å²) >= 11 is 1.79. The fourth-order valence-corrected chi connectivity index (χ4v) is 8.83. The lowest BCUT2D eigenvalue weighted by Crippen LogP contribution is -2.52. The minimum absolute atomic E-state index is 0.0885. The number of H-pyrrole nitrogens is 1. The van der Waals surface area contributed by atoms with E-state index in [0.717, 1.165) is 34.6 Å². The number of alkyl carbamates (subject to hydrolysis) is 1. The van der Waals surface area contributed by atoms with Gasteiger partial charge in [0.15, 0.2) is 0 Å². The van der Waals surface area contributed by atoms with Crippen LogP contribution < -0.4 is 5.32 Å². The zero-order valence-electron chi connectivity index (χ0n) is 21.1. The van der Waals surface area contributed by atoms with Gasteiger partial charge in [0.2, 0.25) is 0 Å². The minimum atomic E-state index is -0.267. The fourth-order valence-electron chi connectivity index (χ4n) is 7.71. The third-order valence-corrected chi connectivity index (χ3v) is 10.4. The summed E-state index contributed by atoms with van der Waals surface area (Å²) in [5, 5.41) is 5.50. The van der Waals surface area contributed by atoms with Gasteiger partial charge in [-0.3, -0.25) is 4.99 Å². The van der Waals surface area contributed by atoms with Crippen LogP contribution in [0.25, 0.3) is 10.9 Å². The molecule has 6 heteroatoms. The Kier molecular flexibility index (Phi) is 6.23. The molecule has 4 bridgehead atoms. The number of fused-ring (bicyclic) bond motifs is 1. The van der Waals surface area contributed by atoms with Crippen LogP contribution in [-0.4, -0.2) is 40.1 Å². The molecule has 0 unspecified atom stereocenters. The molecule has 4 saturated carbocycles. The average Bonchev–Trinajstić information content (AvgIpc) is 3.53. The number of benzene rings is 2. The van der Waals surface area contributed by atoms with Crippen molar-refractivity contribution in [1.82, 2.24) is 10.3 Å².